The minimum Gasteiger partial charge on any atom is -0.497 e. The minimum atomic E-state index is -1.33. The minimum absolute atomic E-state index is 0.0900. The normalized spacial score (nSPS) is 18.6. The Morgan fingerprint density at radius 1 is 1.21 bits per heavy atom. The molecule has 0 amide bonds. The van der Waals surface area contributed by atoms with E-state index in [0.29, 0.717) is 42.1 Å². The van der Waals surface area contributed by atoms with Gasteiger partial charge in [-0.25, -0.2) is 17.6 Å². The number of fused-ring (bicyclic) bond motifs is 1. The van der Waals surface area contributed by atoms with E-state index in [1.165, 1.54) is 7.11 Å². The Kier molecular flexibility index (Phi) is 8.49. The van der Waals surface area contributed by atoms with Gasteiger partial charge in [-0.2, -0.15) is 0 Å². The number of aliphatic carboxylic acids is 1. The predicted molar refractivity (Wildman–Crippen MR) is 131 cm³/mol. The Balaban J connectivity index is 1.42. The van der Waals surface area contributed by atoms with E-state index >= 15 is 0 Å². The van der Waals surface area contributed by atoms with Crippen molar-refractivity contribution in [1.29, 1.82) is 0 Å². The molecule has 0 spiro atoms. The number of carboxylic acids is 1. The van der Waals surface area contributed by atoms with Crippen LogP contribution in [0.1, 0.15) is 36.5 Å². The number of aliphatic hydroxyl groups is 1. The van der Waals surface area contributed by atoms with Gasteiger partial charge in [0.15, 0.2) is 11.6 Å². The first-order chi connectivity index (χ1) is 18.2. The van der Waals surface area contributed by atoms with Crippen molar-refractivity contribution in [3.63, 3.8) is 0 Å². The molecular formula is C28H26F4N2O4. The molecule has 0 bridgehead atoms. The van der Waals surface area contributed by atoms with Gasteiger partial charge in [-0.1, -0.05) is 11.8 Å². The number of aromatic nitrogens is 1. The zero-order valence-corrected chi connectivity index (χ0v) is 20.6. The van der Waals surface area contributed by atoms with Crippen molar-refractivity contribution in [2.45, 2.75) is 25.4 Å². The average Bonchev–Trinajstić information content (AvgIpc) is 2.89. The molecule has 1 aliphatic heterocycles. The summed E-state index contributed by atoms with van der Waals surface area (Å²) in [5.74, 6) is -0.660. The first-order valence-corrected chi connectivity index (χ1v) is 12.1. The van der Waals surface area contributed by atoms with Gasteiger partial charge < -0.3 is 14.9 Å². The van der Waals surface area contributed by atoms with Crippen LogP contribution in [-0.4, -0.2) is 52.8 Å². The van der Waals surface area contributed by atoms with Gasteiger partial charge in [0, 0.05) is 23.6 Å². The van der Waals surface area contributed by atoms with E-state index < -0.39 is 46.8 Å². The fourth-order valence-electron chi connectivity index (χ4n) is 4.88. The molecule has 0 saturated carbocycles. The van der Waals surface area contributed by atoms with E-state index in [4.69, 9.17) is 4.74 Å². The summed E-state index contributed by atoms with van der Waals surface area (Å²) in [6.07, 6.45) is 0.857. The monoisotopic (exact) mass is 530 g/mol. The molecule has 1 aliphatic rings. The van der Waals surface area contributed by atoms with Crippen molar-refractivity contribution >= 4 is 16.9 Å². The number of carbonyl (C=O) groups is 1. The highest BCUT2D eigenvalue weighted by Crippen LogP contribution is 2.35. The quantitative estimate of drug-likeness (QED) is 0.262. The van der Waals surface area contributed by atoms with Crippen LogP contribution in [-0.2, 0) is 4.79 Å². The van der Waals surface area contributed by atoms with Crippen LogP contribution in [0, 0.1) is 46.9 Å². The van der Waals surface area contributed by atoms with Crippen LogP contribution in [0.15, 0.2) is 36.5 Å². The molecule has 10 heteroatoms. The zero-order chi connectivity index (χ0) is 27.4. The van der Waals surface area contributed by atoms with Crippen LogP contribution >= 0.6 is 0 Å². The van der Waals surface area contributed by atoms with Crippen LogP contribution in [0.2, 0.25) is 0 Å². The molecule has 3 aromatic rings. The SMILES string of the molecule is COc1ccc2ncc(F)c([C@H](O)CCC3CCN(CC#Cc4cc(F)cc(F)c4F)CC3C(=O)O)c2c1. The number of methoxy groups -OCH3 is 1. The molecule has 2 N–H and O–H groups in total. The Morgan fingerprint density at radius 3 is 2.74 bits per heavy atom. The van der Waals surface area contributed by atoms with E-state index in [2.05, 4.69) is 16.8 Å². The maximum absolute atomic E-state index is 14.7. The largest absolute Gasteiger partial charge is 0.497 e. The van der Waals surface area contributed by atoms with Crippen molar-refractivity contribution in [1.82, 2.24) is 9.88 Å². The Hall–Kier alpha value is -3.68. The van der Waals surface area contributed by atoms with Gasteiger partial charge in [-0.3, -0.25) is 14.7 Å². The molecule has 38 heavy (non-hydrogen) atoms. The second-order valence-electron chi connectivity index (χ2n) is 9.28. The third-order valence-electron chi connectivity index (χ3n) is 6.89. The standard InChI is InChI=1S/C28H26F4N2O4/c1-38-19-5-6-24-20(13-19)26(23(31)14-33-24)25(35)7-4-16-8-10-34(15-21(16)28(36)37)9-2-3-17-11-18(29)12-22(30)27(17)32/h5-6,11-14,16,21,25,35H,4,7-10,15H2,1H3,(H,36,37)/t16?,21?,25-/m1/s1. The summed E-state index contributed by atoms with van der Waals surface area (Å²) in [5, 5.41) is 21.1. The zero-order valence-electron chi connectivity index (χ0n) is 20.6. The molecule has 3 atom stereocenters. The first-order valence-electron chi connectivity index (χ1n) is 12.1. The number of pyridine rings is 1. The van der Waals surface area contributed by atoms with E-state index in [-0.39, 0.29) is 31.0 Å². The van der Waals surface area contributed by atoms with E-state index in [0.717, 1.165) is 12.3 Å². The molecule has 200 valence electrons. The summed E-state index contributed by atoms with van der Waals surface area (Å²) < 4.78 is 60.4. The summed E-state index contributed by atoms with van der Waals surface area (Å²) in [4.78, 5) is 17.8. The number of benzene rings is 2. The van der Waals surface area contributed by atoms with Gasteiger partial charge in [0.1, 0.15) is 17.4 Å². The number of hydrogen-bond acceptors (Lipinski definition) is 5. The average molecular weight is 531 g/mol. The number of likely N-dealkylation sites (tertiary alicyclic amines) is 1. The number of piperidine rings is 1. The summed E-state index contributed by atoms with van der Waals surface area (Å²) >= 11 is 0. The summed E-state index contributed by atoms with van der Waals surface area (Å²) in [7, 11) is 1.48. The topological polar surface area (TPSA) is 82.9 Å². The molecule has 2 heterocycles. The fourth-order valence-corrected chi connectivity index (χ4v) is 4.88. The van der Waals surface area contributed by atoms with Gasteiger partial charge in [-0.05, 0) is 56.0 Å². The smallest absolute Gasteiger partial charge is 0.308 e. The maximum Gasteiger partial charge on any atom is 0.308 e. The molecule has 0 aliphatic carbocycles. The first kappa shape index (κ1) is 27.4. The van der Waals surface area contributed by atoms with Gasteiger partial charge in [0.2, 0.25) is 0 Å². The van der Waals surface area contributed by atoms with Gasteiger partial charge in [0.25, 0.3) is 0 Å². The molecule has 1 saturated heterocycles. The second-order valence-corrected chi connectivity index (χ2v) is 9.28. The lowest BCUT2D eigenvalue weighted by atomic mass is 9.81. The van der Waals surface area contributed by atoms with Crippen LogP contribution in [0.3, 0.4) is 0 Å². The predicted octanol–water partition coefficient (Wildman–Crippen LogP) is 4.69. The van der Waals surface area contributed by atoms with Crippen molar-refractivity contribution in [3.8, 4) is 17.6 Å². The van der Waals surface area contributed by atoms with Crippen LogP contribution in [0.4, 0.5) is 17.6 Å². The van der Waals surface area contributed by atoms with Crippen molar-refractivity contribution < 1.29 is 37.3 Å². The Morgan fingerprint density at radius 2 is 2.00 bits per heavy atom. The van der Waals surface area contributed by atoms with Gasteiger partial charge in [0.05, 0.1) is 43.0 Å². The lowest BCUT2D eigenvalue weighted by Gasteiger charge is -2.36. The van der Waals surface area contributed by atoms with Crippen LogP contribution in [0.5, 0.6) is 5.75 Å². The maximum atomic E-state index is 14.7. The van der Waals surface area contributed by atoms with Crippen molar-refractivity contribution in [3.05, 3.63) is 70.9 Å². The number of ether oxygens (including phenoxy) is 1. The van der Waals surface area contributed by atoms with E-state index in [1.54, 1.807) is 23.1 Å². The lowest BCUT2D eigenvalue weighted by Crippen LogP contribution is -2.44. The summed E-state index contributed by atoms with van der Waals surface area (Å²) in [6, 6.07) is 6.19. The number of aliphatic hydroxyl groups excluding tert-OH is 1. The number of rotatable bonds is 7. The number of halogens is 4. The van der Waals surface area contributed by atoms with Crippen LogP contribution in [0.25, 0.3) is 10.9 Å². The van der Waals surface area contributed by atoms with E-state index in [9.17, 15) is 32.6 Å². The Bertz CT molecular complexity index is 1410. The third kappa shape index (κ3) is 6.06. The second kappa shape index (κ2) is 11.8. The molecular weight excluding hydrogens is 504 g/mol. The van der Waals surface area contributed by atoms with Crippen LogP contribution < -0.4 is 4.74 Å². The number of carboxylic acid groups (broad SMARTS) is 1. The highest BCUT2D eigenvalue weighted by atomic mass is 19.2. The number of nitrogens with zero attached hydrogens (tertiary/aromatic N) is 2. The highest BCUT2D eigenvalue weighted by Gasteiger charge is 2.34. The van der Waals surface area contributed by atoms with Crippen molar-refractivity contribution in [2.75, 3.05) is 26.7 Å². The molecule has 1 fully saturated rings. The molecule has 2 unspecified atom stereocenters. The van der Waals surface area contributed by atoms with Gasteiger partial charge >= 0.3 is 5.97 Å². The molecule has 4 rings (SSSR count). The van der Waals surface area contributed by atoms with E-state index in [1.807, 2.05) is 0 Å². The third-order valence-corrected chi connectivity index (χ3v) is 6.89. The molecule has 0 radical (unpaired) electrons. The highest BCUT2D eigenvalue weighted by molar-refractivity contribution is 5.84. The summed E-state index contributed by atoms with van der Waals surface area (Å²) in [5.41, 5.74) is 0.184. The van der Waals surface area contributed by atoms with Gasteiger partial charge in [-0.15, -0.1) is 0 Å². The summed E-state index contributed by atoms with van der Waals surface area (Å²) in [6.45, 7) is 0.740. The Labute approximate surface area is 216 Å². The fraction of sp³-hybridized carbons (Fsp3) is 0.357. The lowest BCUT2D eigenvalue weighted by molar-refractivity contribution is -0.146. The molecule has 2 aromatic carbocycles. The molecule has 6 nitrogen and oxygen atoms in total. The number of hydrogen-bond donors (Lipinski definition) is 2. The molecule has 1 aromatic heterocycles. The van der Waals surface area contributed by atoms with Crippen molar-refractivity contribution in [2.24, 2.45) is 11.8 Å².